The third kappa shape index (κ3) is 10.1. The van der Waals surface area contributed by atoms with Crippen molar-refractivity contribution in [1.82, 2.24) is 35.9 Å². The number of carbonyl (C=O) groups excluding carboxylic acids is 3. The van der Waals surface area contributed by atoms with Crippen LogP contribution >= 0.6 is 12.6 Å². The summed E-state index contributed by atoms with van der Waals surface area (Å²) in [4.78, 5) is 67.4. The molecule has 0 aliphatic carbocycles. The molecule has 4 atom stereocenters. The number of nitrogens with two attached hydrogens (primary N) is 3. The number of aromatic nitrogens is 4. The Bertz CT molecular complexity index is 1070. The number of aliphatic carboxylic acids is 1. The van der Waals surface area contributed by atoms with E-state index in [1.165, 1.54) is 25.0 Å². The van der Waals surface area contributed by atoms with Crippen molar-refractivity contribution in [2.24, 2.45) is 22.2 Å². The van der Waals surface area contributed by atoms with E-state index in [1.54, 1.807) is 0 Å². The van der Waals surface area contributed by atoms with Crippen LogP contribution in [0, 0.1) is 0 Å². The van der Waals surface area contributed by atoms with Crippen LogP contribution in [0.1, 0.15) is 24.2 Å². The SMILES string of the molecule is NC(N)=NCCCC(NC(=O)C(CS)NC(=O)C(N)Cc1cnc[nH]1)C(=O)NC(Cc1cnc[nH]1)C(=O)O. The van der Waals surface area contributed by atoms with Crippen LogP contribution in [-0.4, -0.2) is 91.2 Å². The summed E-state index contributed by atoms with van der Waals surface area (Å²) in [5, 5.41) is 17.1. The molecule has 0 saturated carbocycles. The molecule has 2 heterocycles. The van der Waals surface area contributed by atoms with Gasteiger partial charge in [0, 0.05) is 48.9 Å². The number of guanidine groups is 1. The lowest BCUT2D eigenvalue weighted by atomic mass is 10.1. The van der Waals surface area contributed by atoms with Crippen molar-refractivity contribution in [2.75, 3.05) is 12.3 Å². The zero-order valence-electron chi connectivity index (χ0n) is 20.5. The number of aliphatic imine (C=N–C) groups is 1. The maximum atomic E-state index is 13.0. The second-order valence-electron chi connectivity index (χ2n) is 8.32. The highest BCUT2D eigenvalue weighted by molar-refractivity contribution is 7.80. The molecule has 3 amide bonds. The molecule has 4 unspecified atom stereocenters. The molecular weight excluding hydrogens is 518 g/mol. The van der Waals surface area contributed by atoms with Gasteiger partial charge in [0.25, 0.3) is 0 Å². The summed E-state index contributed by atoms with van der Waals surface area (Å²) in [5.74, 6) is -3.54. The second kappa shape index (κ2) is 15.2. The molecule has 2 aromatic rings. The normalized spacial score (nSPS) is 13.9. The summed E-state index contributed by atoms with van der Waals surface area (Å²) < 4.78 is 0. The largest absolute Gasteiger partial charge is 0.480 e. The second-order valence-corrected chi connectivity index (χ2v) is 8.69. The Balaban J connectivity index is 2.06. The number of imidazole rings is 2. The fourth-order valence-corrected chi connectivity index (χ4v) is 3.59. The van der Waals surface area contributed by atoms with Gasteiger partial charge in [0.15, 0.2) is 5.96 Å². The van der Waals surface area contributed by atoms with Gasteiger partial charge in [-0.15, -0.1) is 0 Å². The summed E-state index contributed by atoms with van der Waals surface area (Å²) in [6, 6.07) is -4.53. The smallest absolute Gasteiger partial charge is 0.326 e. The molecule has 17 heteroatoms. The van der Waals surface area contributed by atoms with Crippen molar-refractivity contribution in [3.05, 3.63) is 36.4 Å². The number of rotatable bonds is 16. The first kappa shape index (κ1) is 30.1. The monoisotopic (exact) mass is 551 g/mol. The van der Waals surface area contributed by atoms with Crippen LogP contribution in [0.25, 0.3) is 0 Å². The molecule has 0 saturated heterocycles. The number of carboxylic acid groups (broad SMARTS) is 1. The summed E-state index contributed by atoms with van der Waals surface area (Å²) in [6.45, 7) is 0.174. The molecule has 38 heavy (non-hydrogen) atoms. The van der Waals surface area contributed by atoms with E-state index in [0.29, 0.717) is 17.8 Å². The first-order chi connectivity index (χ1) is 18.1. The molecule has 12 N–H and O–H groups in total. The predicted octanol–water partition coefficient (Wildman–Crippen LogP) is -3.23. The zero-order chi connectivity index (χ0) is 28.1. The lowest BCUT2D eigenvalue weighted by Crippen LogP contribution is -2.58. The van der Waals surface area contributed by atoms with Gasteiger partial charge in [-0.2, -0.15) is 12.6 Å². The molecule has 2 rings (SSSR count). The molecule has 0 radical (unpaired) electrons. The maximum absolute atomic E-state index is 13.0. The van der Waals surface area contributed by atoms with Gasteiger partial charge in [0.1, 0.15) is 18.1 Å². The Morgan fingerprint density at radius 2 is 1.47 bits per heavy atom. The summed E-state index contributed by atoms with van der Waals surface area (Å²) >= 11 is 4.14. The summed E-state index contributed by atoms with van der Waals surface area (Å²) in [7, 11) is 0. The number of thiol groups is 1. The third-order valence-corrected chi connectivity index (χ3v) is 5.68. The van der Waals surface area contributed by atoms with Crippen molar-refractivity contribution in [3.8, 4) is 0 Å². The van der Waals surface area contributed by atoms with Crippen molar-refractivity contribution >= 4 is 42.3 Å². The first-order valence-corrected chi connectivity index (χ1v) is 12.2. The molecule has 0 aliphatic heterocycles. The molecule has 208 valence electrons. The van der Waals surface area contributed by atoms with E-state index in [2.05, 4.69) is 53.5 Å². The number of nitrogens with one attached hydrogen (secondary N) is 5. The number of carbonyl (C=O) groups is 4. The van der Waals surface area contributed by atoms with E-state index in [-0.39, 0.29) is 37.5 Å². The number of hydrogen-bond donors (Lipinski definition) is 10. The van der Waals surface area contributed by atoms with Crippen molar-refractivity contribution in [2.45, 2.75) is 49.9 Å². The van der Waals surface area contributed by atoms with Gasteiger partial charge in [-0.1, -0.05) is 0 Å². The van der Waals surface area contributed by atoms with E-state index >= 15 is 0 Å². The standard InChI is InChI=1S/C21H33N11O5S/c22-13(4-11-6-25-9-28-11)17(33)32-16(8-38)19(35)30-14(2-1-3-27-21(23)24)18(34)31-15(20(36)37)5-12-7-26-10-29-12/h6-7,9-10,13-16,38H,1-5,8,22H2,(H,25,28)(H,26,29)(H,30,35)(H,31,34)(H,32,33)(H,36,37)(H4,23,24,27). The molecule has 0 fully saturated rings. The minimum absolute atomic E-state index is 0.0563. The van der Waals surface area contributed by atoms with E-state index < -0.39 is 47.9 Å². The highest BCUT2D eigenvalue weighted by Gasteiger charge is 2.30. The number of nitrogens with zero attached hydrogens (tertiary/aromatic N) is 3. The molecule has 2 aromatic heterocycles. The average Bonchev–Trinajstić information content (AvgIpc) is 3.57. The number of amides is 3. The number of aromatic amines is 2. The molecule has 0 aromatic carbocycles. The lowest BCUT2D eigenvalue weighted by molar-refractivity contribution is -0.142. The van der Waals surface area contributed by atoms with E-state index in [9.17, 15) is 24.3 Å². The van der Waals surface area contributed by atoms with Gasteiger partial charge >= 0.3 is 5.97 Å². The van der Waals surface area contributed by atoms with E-state index in [4.69, 9.17) is 17.2 Å². The summed E-state index contributed by atoms with van der Waals surface area (Å²) in [6.07, 6.45) is 6.28. The predicted molar refractivity (Wildman–Crippen MR) is 140 cm³/mol. The van der Waals surface area contributed by atoms with Crippen LogP contribution in [0.3, 0.4) is 0 Å². The highest BCUT2D eigenvalue weighted by Crippen LogP contribution is 2.05. The first-order valence-electron chi connectivity index (χ1n) is 11.6. The fraction of sp³-hybridized carbons (Fsp3) is 0.476. The highest BCUT2D eigenvalue weighted by atomic mass is 32.1. The molecule has 16 nitrogen and oxygen atoms in total. The van der Waals surface area contributed by atoms with Crippen molar-refractivity contribution < 1.29 is 24.3 Å². The van der Waals surface area contributed by atoms with Gasteiger partial charge < -0.3 is 48.2 Å². The zero-order valence-corrected chi connectivity index (χ0v) is 21.4. The Kier molecular flexibility index (Phi) is 12.0. The topological polar surface area (TPSA) is 272 Å². The van der Waals surface area contributed by atoms with Crippen LogP contribution in [0.4, 0.5) is 0 Å². The maximum Gasteiger partial charge on any atom is 0.326 e. The lowest BCUT2D eigenvalue weighted by Gasteiger charge is -2.24. The Morgan fingerprint density at radius 1 is 0.921 bits per heavy atom. The molecule has 0 aliphatic rings. The average molecular weight is 552 g/mol. The molecular formula is C21H33N11O5S. The van der Waals surface area contributed by atoms with Crippen LogP contribution in [-0.2, 0) is 32.0 Å². The van der Waals surface area contributed by atoms with Crippen molar-refractivity contribution in [1.29, 1.82) is 0 Å². The summed E-state index contributed by atoms with van der Waals surface area (Å²) in [5.41, 5.74) is 17.7. The van der Waals surface area contributed by atoms with E-state index in [1.807, 2.05) is 0 Å². The number of carboxylic acids is 1. The van der Waals surface area contributed by atoms with Gasteiger partial charge in [-0.25, -0.2) is 14.8 Å². The number of H-pyrrole nitrogens is 2. The van der Waals surface area contributed by atoms with Crippen LogP contribution in [0.5, 0.6) is 0 Å². The Labute approximate surface area is 223 Å². The fourth-order valence-electron chi connectivity index (χ4n) is 3.33. The van der Waals surface area contributed by atoms with Gasteiger partial charge in [-0.3, -0.25) is 19.4 Å². The minimum atomic E-state index is -1.29. The quantitative estimate of drug-likeness (QED) is 0.0431. The third-order valence-electron chi connectivity index (χ3n) is 5.32. The Hall–Kier alpha value is -4.12. The Morgan fingerprint density at radius 3 is 2.00 bits per heavy atom. The number of hydrogen-bond acceptors (Lipinski definition) is 9. The van der Waals surface area contributed by atoms with Gasteiger partial charge in [0.05, 0.1) is 18.7 Å². The molecule has 0 spiro atoms. The van der Waals surface area contributed by atoms with E-state index in [0.717, 1.165) is 0 Å². The van der Waals surface area contributed by atoms with Gasteiger partial charge in [0.2, 0.25) is 17.7 Å². The molecule has 0 bridgehead atoms. The van der Waals surface area contributed by atoms with Crippen LogP contribution in [0.2, 0.25) is 0 Å². The minimum Gasteiger partial charge on any atom is -0.480 e. The van der Waals surface area contributed by atoms with Crippen molar-refractivity contribution in [3.63, 3.8) is 0 Å². The van der Waals surface area contributed by atoms with Gasteiger partial charge in [-0.05, 0) is 12.8 Å². The van der Waals surface area contributed by atoms with Crippen LogP contribution < -0.4 is 33.2 Å². The van der Waals surface area contributed by atoms with Crippen LogP contribution in [0.15, 0.2) is 30.0 Å².